The van der Waals surface area contributed by atoms with Crippen molar-refractivity contribution >= 4 is 52.0 Å². The maximum absolute atomic E-state index is 14.3. The number of alkyl carbamates (subject to hydrolysis) is 2. The molecule has 8 rings (SSSR count). The standard InChI is InChI=1S/C51H66N8O6/c1-29(2)44(56-49(62)64-6)47(60)58-28-51(20-21-51)25-43(58)46-53-27-41(55-46)38-17-16-36-23-35(14-15-37(36)24-38)33-10-12-34(13-11-33)40(26-52)54-31(5)42-19-9-32-8-18-39(22-32)59(42)48(61)45(30(3)4)57-50(63)65-7/h10-17,23-24,26-27,29-32,39,42-45,54H,8-9,18-22,25,28,52H2,1-7H3,(H,53,55)(H,56,62)(H,57,63)/p+1. The summed E-state index contributed by atoms with van der Waals surface area (Å²) in [4.78, 5) is 61.6. The maximum Gasteiger partial charge on any atom is 0.407 e. The van der Waals surface area contributed by atoms with Crippen LogP contribution < -0.4 is 27.0 Å². The van der Waals surface area contributed by atoms with Gasteiger partial charge in [0.1, 0.15) is 18.1 Å². The van der Waals surface area contributed by atoms with Crippen molar-refractivity contribution in [1.29, 1.82) is 0 Å². The predicted octanol–water partition coefficient (Wildman–Crippen LogP) is 6.32. The molecule has 0 aromatic heterocycles. The smallest absolute Gasteiger partial charge is 0.407 e. The number of methoxy groups -OCH3 is 2. The molecule has 3 aromatic carbocycles. The summed E-state index contributed by atoms with van der Waals surface area (Å²) in [6.45, 7) is 10.6. The summed E-state index contributed by atoms with van der Waals surface area (Å²) in [5.74, 6) is 1.14. The Hall–Kier alpha value is -5.89. The van der Waals surface area contributed by atoms with E-state index in [0.717, 1.165) is 102 Å². The summed E-state index contributed by atoms with van der Waals surface area (Å²) in [7, 11) is 2.63. The van der Waals surface area contributed by atoms with Gasteiger partial charge in [0, 0.05) is 30.4 Å². The monoisotopic (exact) mass is 888 g/mol. The first kappa shape index (κ1) is 45.7. The van der Waals surface area contributed by atoms with Crippen molar-refractivity contribution in [2.75, 3.05) is 20.8 Å². The van der Waals surface area contributed by atoms with Crippen LogP contribution in [0.1, 0.15) is 97.1 Å². The quantitative estimate of drug-likeness (QED) is 0.132. The molecule has 1 spiro atoms. The number of ether oxygens (including phenoxy) is 2. The van der Waals surface area contributed by atoms with E-state index < -0.39 is 24.3 Å². The fraction of sp³-hybridized carbons (Fsp3) is 0.510. The van der Waals surface area contributed by atoms with Gasteiger partial charge in [-0.1, -0.05) is 70.2 Å². The molecule has 346 valence electrons. The Morgan fingerprint density at radius 2 is 1.38 bits per heavy atom. The Labute approximate surface area is 382 Å². The number of nitrogens with two attached hydrogens (primary N) is 2. The molecule has 7 atom stereocenters. The molecule has 7 unspecified atom stereocenters. The van der Waals surface area contributed by atoms with E-state index >= 15 is 0 Å². The van der Waals surface area contributed by atoms with E-state index in [1.807, 2.05) is 38.8 Å². The molecule has 14 heteroatoms. The summed E-state index contributed by atoms with van der Waals surface area (Å²) in [6, 6.07) is 19.8. The highest BCUT2D eigenvalue weighted by atomic mass is 16.5. The maximum atomic E-state index is 14.3. The van der Waals surface area contributed by atoms with Gasteiger partial charge in [0.25, 0.3) is 0 Å². The van der Waals surface area contributed by atoms with Crippen molar-refractivity contribution in [3.8, 4) is 11.1 Å². The number of amides is 4. The van der Waals surface area contributed by atoms with Crippen molar-refractivity contribution < 1.29 is 34.0 Å². The number of aliphatic imine (C=N–C) groups is 1. The van der Waals surface area contributed by atoms with Crippen molar-refractivity contribution in [1.82, 2.24) is 25.8 Å². The zero-order chi connectivity index (χ0) is 46.2. The van der Waals surface area contributed by atoms with Crippen LogP contribution in [0.15, 0.2) is 78.1 Å². The highest BCUT2D eigenvalue weighted by molar-refractivity contribution is 5.95. The lowest BCUT2D eigenvalue weighted by atomic mass is 9.93. The van der Waals surface area contributed by atoms with Gasteiger partial charge in [-0.2, -0.15) is 0 Å². The van der Waals surface area contributed by atoms with Crippen molar-refractivity contribution in [3.05, 3.63) is 84.2 Å². The van der Waals surface area contributed by atoms with E-state index in [9.17, 15) is 19.2 Å². The first-order valence-corrected chi connectivity index (χ1v) is 23.5. The van der Waals surface area contributed by atoms with E-state index in [-0.39, 0.29) is 53.2 Å². The molecule has 7 N–H and O–H groups in total. The Balaban J connectivity index is 0.927. The van der Waals surface area contributed by atoms with Crippen molar-refractivity contribution in [3.63, 3.8) is 0 Å². The third-order valence-corrected chi connectivity index (χ3v) is 14.7. The fourth-order valence-corrected chi connectivity index (χ4v) is 10.8. The molecular formula is C51H67N8O6+. The van der Waals surface area contributed by atoms with Crippen LogP contribution in [0, 0.1) is 23.2 Å². The number of hydrogen-bond acceptors (Lipinski definition) is 9. The molecule has 2 bridgehead atoms. The van der Waals surface area contributed by atoms with Crippen LogP contribution in [0.4, 0.5) is 9.59 Å². The molecule has 65 heavy (non-hydrogen) atoms. The van der Waals surface area contributed by atoms with Crippen LogP contribution in [0.25, 0.3) is 33.3 Å². The number of carbonyl (C=O) groups excluding carboxylic acids is 4. The van der Waals surface area contributed by atoms with E-state index in [0.29, 0.717) is 12.5 Å². The molecule has 3 aromatic rings. The number of quaternary nitrogens is 1. The lowest BCUT2D eigenvalue weighted by Crippen LogP contribution is -2.87. The van der Waals surface area contributed by atoms with E-state index in [4.69, 9.17) is 20.2 Å². The molecule has 4 amide bonds. The highest BCUT2D eigenvalue weighted by Crippen LogP contribution is 2.55. The zero-order valence-electron chi connectivity index (χ0n) is 38.9. The minimum absolute atomic E-state index is 0.0527. The van der Waals surface area contributed by atoms with Crippen LogP contribution in [-0.4, -0.2) is 96.7 Å². The molecule has 14 nitrogen and oxygen atoms in total. The van der Waals surface area contributed by atoms with Gasteiger partial charge in [0.15, 0.2) is 5.70 Å². The molecule has 3 aliphatic heterocycles. The van der Waals surface area contributed by atoms with Crippen LogP contribution in [0.3, 0.4) is 0 Å². The first-order valence-electron chi connectivity index (χ1n) is 23.5. The molecule has 2 aliphatic carbocycles. The number of carbonyl (C=O) groups is 4. The molecule has 2 saturated carbocycles. The number of nitrogens with zero attached hydrogens (tertiary/aromatic N) is 3. The number of rotatable bonds is 13. The average molecular weight is 888 g/mol. The largest absolute Gasteiger partial charge is 0.453 e. The van der Waals surface area contributed by atoms with Crippen LogP contribution in [0.2, 0.25) is 0 Å². The number of hydrogen-bond donors (Lipinski definition) is 5. The summed E-state index contributed by atoms with van der Waals surface area (Å²) in [6.07, 6.45) is 10.4. The molecule has 4 fully saturated rings. The second-order valence-corrected chi connectivity index (χ2v) is 19.8. The molecule has 5 aliphatic rings. The SMILES string of the molecule is COC(=O)NC(C(=O)N1CC2(CC2)CC1C1=NC=C(c2ccc3cc(-c4ccc(C(=CN)NC(C)C5CCC6CCC(C6)N5C(=O)C(NC(=O)OC)C(C)C)cc4)ccc3c2)[NH2+]1)C(C)C. The number of fused-ring (bicyclic) bond motifs is 3. The van der Waals surface area contributed by atoms with Crippen molar-refractivity contribution in [2.24, 2.45) is 33.9 Å². The van der Waals surface area contributed by atoms with Gasteiger partial charge in [0.2, 0.25) is 17.6 Å². The normalized spacial score (nSPS) is 23.7. The second-order valence-electron chi connectivity index (χ2n) is 19.8. The summed E-state index contributed by atoms with van der Waals surface area (Å²) < 4.78 is 9.73. The lowest BCUT2D eigenvalue weighted by molar-refractivity contribution is -0.435. The summed E-state index contributed by atoms with van der Waals surface area (Å²) in [5.41, 5.74) is 12.4. The molecular weight excluding hydrogens is 821 g/mol. The number of amidine groups is 1. The van der Waals surface area contributed by atoms with Gasteiger partial charge < -0.3 is 41.0 Å². The Morgan fingerprint density at radius 1 is 0.785 bits per heavy atom. The summed E-state index contributed by atoms with van der Waals surface area (Å²) >= 11 is 0. The Kier molecular flexibility index (Phi) is 13.3. The molecule has 3 heterocycles. The Morgan fingerprint density at radius 3 is 2.00 bits per heavy atom. The van der Waals surface area contributed by atoms with Gasteiger partial charge in [-0.15, -0.1) is 0 Å². The minimum Gasteiger partial charge on any atom is -0.453 e. The average Bonchev–Trinajstić information content (AvgIpc) is 3.56. The lowest BCUT2D eigenvalue weighted by Gasteiger charge is -2.42. The number of benzene rings is 3. The number of nitrogens with one attached hydrogen (secondary N) is 3. The van der Waals surface area contributed by atoms with E-state index in [2.05, 4.69) is 93.8 Å². The summed E-state index contributed by atoms with van der Waals surface area (Å²) in [5, 5.41) is 13.6. The van der Waals surface area contributed by atoms with Crippen LogP contribution in [-0.2, 0) is 19.1 Å². The highest BCUT2D eigenvalue weighted by Gasteiger charge is 2.57. The predicted molar refractivity (Wildman–Crippen MR) is 253 cm³/mol. The topological polar surface area (TPSA) is 184 Å². The van der Waals surface area contributed by atoms with Gasteiger partial charge in [-0.25, -0.2) is 14.6 Å². The third kappa shape index (κ3) is 9.59. The van der Waals surface area contributed by atoms with Crippen LogP contribution >= 0.6 is 0 Å². The third-order valence-electron chi connectivity index (χ3n) is 14.7. The molecule has 2 saturated heterocycles. The van der Waals surface area contributed by atoms with Gasteiger partial charge in [-0.3, -0.25) is 14.9 Å². The van der Waals surface area contributed by atoms with Gasteiger partial charge >= 0.3 is 12.2 Å². The Bertz CT molecular complexity index is 2390. The van der Waals surface area contributed by atoms with E-state index in [1.165, 1.54) is 14.2 Å². The van der Waals surface area contributed by atoms with E-state index in [1.54, 1.807) is 6.20 Å². The minimum atomic E-state index is -0.680. The molecule has 0 radical (unpaired) electrons. The number of likely N-dealkylation sites (tertiary alicyclic amines) is 2. The zero-order valence-corrected chi connectivity index (χ0v) is 38.9. The second kappa shape index (κ2) is 18.9. The van der Waals surface area contributed by atoms with Gasteiger partial charge in [-0.05, 0) is 127 Å². The van der Waals surface area contributed by atoms with Crippen molar-refractivity contribution in [2.45, 2.75) is 122 Å². The fourth-order valence-electron chi connectivity index (χ4n) is 10.8. The van der Waals surface area contributed by atoms with Crippen LogP contribution in [0.5, 0.6) is 0 Å². The van der Waals surface area contributed by atoms with Gasteiger partial charge in [0.05, 0.1) is 32.2 Å². The first-order chi connectivity index (χ1) is 31.2.